The number of benzene rings is 1. The van der Waals surface area contributed by atoms with Crippen LogP contribution in [0.15, 0.2) is 24.3 Å². The number of carbonyl (C=O) groups is 1. The Morgan fingerprint density at radius 3 is 2.95 bits per heavy atom. The second-order valence-electron chi connectivity index (χ2n) is 5.79. The molecule has 1 aliphatic heterocycles. The van der Waals surface area contributed by atoms with E-state index in [4.69, 9.17) is 4.74 Å². The minimum atomic E-state index is 0.0139. The molecule has 1 unspecified atom stereocenters. The molecule has 1 heterocycles. The summed E-state index contributed by atoms with van der Waals surface area (Å²) in [6.45, 7) is 0.827. The van der Waals surface area contributed by atoms with Crippen LogP contribution >= 0.6 is 0 Å². The van der Waals surface area contributed by atoms with Crippen LogP contribution < -0.4 is 15.4 Å². The Hall–Kier alpha value is -1.55. The molecule has 4 heteroatoms. The third-order valence-corrected chi connectivity index (χ3v) is 4.43. The van der Waals surface area contributed by atoms with Gasteiger partial charge in [-0.25, -0.2) is 0 Å². The second-order valence-corrected chi connectivity index (χ2v) is 5.79. The quantitative estimate of drug-likeness (QED) is 0.880. The molecule has 1 aromatic rings. The maximum atomic E-state index is 11.7. The van der Waals surface area contributed by atoms with Crippen LogP contribution in [0.4, 0.5) is 0 Å². The summed E-state index contributed by atoms with van der Waals surface area (Å²) in [6.07, 6.45) is 4.26. The molecule has 1 amide bonds. The monoisotopic (exact) mass is 274 g/mol. The summed E-state index contributed by atoms with van der Waals surface area (Å²) in [4.78, 5) is 11.7. The number of hydrogen-bond donors (Lipinski definition) is 2. The van der Waals surface area contributed by atoms with Crippen molar-refractivity contribution in [2.45, 2.75) is 43.7 Å². The summed E-state index contributed by atoms with van der Waals surface area (Å²) in [6, 6.07) is 8.79. The lowest BCUT2D eigenvalue weighted by atomic mass is 9.75. The molecule has 108 valence electrons. The maximum Gasteiger partial charge on any atom is 0.237 e. The van der Waals surface area contributed by atoms with E-state index in [1.165, 1.54) is 5.56 Å². The lowest BCUT2D eigenvalue weighted by Crippen LogP contribution is -2.54. The predicted molar refractivity (Wildman–Crippen MR) is 77.9 cm³/mol. The fourth-order valence-corrected chi connectivity index (χ4v) is 3.14. The molecular weight excluding hydrogens is 252 g/mol. The number of ether oxygens (including phenoxy) is 1. The first kappa shape index (κ1) is 13.4. The molecule has 0 radical (unpaired) electrons. The number of hydrogen-bond acceptors (Lipinski definition) is 3. The topological polar surface area (TPSA) is 50.4 Å². The number of amides is 1. The number of piperidine rings is 1. The van der Waals surface area contributed by atoms with Gasteiger partial charge in [0, 0.05) is 12.6 Å². The lowest BCUT2D eigenvalue weighted by molar-refractivity contribution is -0.124. The van der Waals surface area contributed by atoms with E-state index in [1.807, 2.05) is 12.1 Å². The number of rotatable bonds is 4. The highest BCUT2D eigenvalue weighted by atomic mass is 16.5. The van der Waals surface area contributed by atoms with E-state index >= 15 is 0 Å². The minimum Gasteiger partial charge on any atom is -0.497 e. The standard InChI is InChI=1S/C16H22N2O2/c1-20-14-5-2-4-11(10-14)12-8-13(9-12)18-15-6-3-7-17-16(15)19/h2,4-5,10,12-13,15,18H,3,6-9H2,1H3,(H,17,19). The van der Waals surface area contributed by atoms with E-state index < -0.39 is 0 Å². The molecule has 3 rings (SSSR count). The average molecular weight is 274 g/mol. The summed E-state index contributed by atoms with van der Waals surface area (Å²) in [5, 5.41) is 6.42. The van der Waals surface area contributed by atoms with E-state index in [0.29, 0.717) is 12.0 Å². The molecule has 2 fully saturated rings. The van der Waals surface area contributed by atoms with Crippen LogP contribution in [0.5, 0.6) is 5.75 Å². The van der Waals surface area contributed by atoms with Gasteiger partial charge >= 0.3 is 0 Å². The van der Waals surface area contributed by atoms with Crippen molar-refractivity contribution in [3.63, 3.8) is 0 Å². The van der Waals surface area contributed by atoms with Crippen LogP contribution in [-0.4, -0.2) is 31.6 Å². The Labute approximate surface area is 119 Å². The van der Waals surface area contributed by atoms with Crippen molar-refractivity contribution in [3.8, 4) is 5.75 Å². The summed E-state index contributed by atoms with van der Waals surface area (Å²) < 4.78 is 5.27. The molecule has 1 saturated carbocycles. The van der Waals surface area contributed by atoms with Gasteiger partial charge in [-0.05, 0) is 49.3 Å². The van der Waals surface area contributed by atoms with Crippen LogP contribution in [0.1, 0.15) is 37.2 Å². The fourth-order valence-electron chi connectivity index (χ4n) is 3.14. The number of nitrogens with one attached hydrogen (secondary N) is 2. The van der Waals surface area contributed by atoms with Crippen LogP contribution in [0.3, 0.4) is 0 Å². The minimum absolute atomic E-state index is 0.0139. The lowest BCUT2D eigenvalue weighted by Gasteiger charge is -2.39. The molecular formula is C16H22N2O2. The third kappa shape index (κ3) is 2.80. The van der Waals surface area contributed by atoms with Gasteiger partial charge in [0.1, 0.15) is 5.75 Å². The van der Waals surface area contributed by atoms with Gasteiger partial charge in [-0.2, -0.15) is 0 Å². The van der Waals surface area contributed by atoms with Crippen molar-refractivity contribution in [1.82, 2.24) is 10.6 Å². The van der Waals surface area contributed by atoms with Gasteiger partial charge < -0.3 is 15.4 Å². The fraction of sp³-hybridized carbons (Fsp3) is 0.562. The van der Waals surface area contributed by atoms with Crippen LogP contribution in [-0.2, 0) is 4.79 Å². The summed E-state index contributed by atoms with van der Waals surface area (Å²) in [5.74, 6) is 1.68. The summed E-state index contributed by atoms with van der Waals surface area (Å²) in [5.41, 5.74) is 1.34. The molecule has 20 heavy (non-hydrogen) atoms. The van der Waals surface area contributed by atoms with Gasteiger partial charge in [0.15, 0.2) is 0 Å². The molecule has 2 N–H and O–H groups in total. The zero-order valence-electron chi connectivity index (χ0n) is 11.9. The van der Waals surface area contributed by atoms with Crippen LogP contribution in [0.25, 0.3) is 0 Å². The molecule has 1 aromatic carbocycles. The zero-order valence-corrected chi connectivity index (χ0v) is 11.9. The first-order valence-electron chi connectivity index (χ1n) is 7.44. The van der Waals surface area contributed by atoms with Crippen molar-refractivity contribution in [3.05, 3.63) is 29.8 Å². The predicted octanol–water partition coefficient (Wildman–Crippen LogP) is 1.81. The van der Waals surface area contributed by atoms with E-state index in [1.54, 1.807) is 7.11 Å². The highest BCUT2D eigenvalue weighted by Crippen LogP contribution is 2.38. The Morgan fingerprint density at radius 2 is 2.20 bits per heavy atom. The molecule has 1 saturated heterocycles. The van der Waals surface area contributed by atoms with Gasteiger partial charge in [-0.15, -0.1) is 0 Å². The van der Waals surface area contributed by atoms with Crippen molar-refractivity contribution in [1.29, 1.82) is 0 Å². The first-order chi connectivity index (χ1) is 9.76. The van der Waals surface area contributed by atoms with Crippen molar-refractivity contribution in [2.75, 3.05) is 13.7 Å². The Kier molecular flexibility index (Phi) is 3.92. The molecule has 0 aromatic heterocycles. The second kappa shape index (κ2) is 5.83. The Balaban J connectivity index is 1.52. The highest BCUT2D eigenvalue weighted by Gasteiger charge is 2.34. The van der Waals surface area contributed by atoms with Gasteiger partial charge in [-0.1, -0.05) is 12.1 Å². The van der Waals surface area contributed by atoms with Crippen LogP contribution in [0.2, 0.25) is 0 Å². The van der Waals surface area contributed by atoms with Crippen molar-refractivity contribution in [2.24, 2.45) is 0 Å². The average Bonchev–Trinajstić information content (AvgIpc) is 2.44. The highest BCUT2D eigenvalue weighted by molar-refractivity contribution is 5.82. The van der Waals surface area contributed by atoms with E-state index in [9.17, 15) is 4.79 Å². The van der Waals surface area contributed by atoms with E-state index in [0.717, 1.165) is 38.0 Å². The normalized spacial score (nSPS) is 29.4. The van der Waals surface area contributed by atoms with Gasteiger partial charge in [0.25, 0.3) is 0 Å². The van der Waals surface area contributed by atoms with E-state index in [2.05, 4.69) is 22.8 Å². The molecule has 1 atom stereocenters. The van der Waals surface area contributed by atoms with Gasteiger partial charge in [-0.3, -0.25) is 4.79 Å². The molecule has 0 spiro atoms. The van der Waals surface area contributed by atoms with Gasteiger partial charge in [0.05, 0.1) is 13.2 Å². The van der Waals surface area contributed by atoms with Gasteiger partial charge in [0.2, 0.25) is 5.91 Å². The molecule has 4 nitrogen and oxygen atoms in total. The zero-order chi connectivity index (χ0) is 13.9. The summed E-state index contributed by atoms with van der Waals surface area (Å²) in [7, 11) is 1.70. The smallest absolute Gasteiger partial charge is 0.237 e. The Bertz CT molecular complexity index is 483. The molecule has 1 aliphatic carbocycles. The largest absolute Gasteiger partial charge is 0.497 e. The Morgan fingerprint density at radius 1 is 1.35 bits per heavy atom. The molecule has 0 bridgehead atoms. The number of methoxy groups -OCH3 is 1. The SMILES string of the molecule is COc1cccc(C2CC(NC3CCCNC3=O)C2)c1. The van der Waals surface area contributed by atoms with Crippen molar-refractivity contribution < 1.29 is 9.53 Å². The van der Waals surface area contributed by atoms with Crippen LogP contribution in [0, 0.1) is 0 Å². The molecule has 2 aliphatic rings. The van der Waals surface area contributed by atoms with E-state index in [-0.39, 0.29) is 11.9 Å². The number of carbonyl (C=O) groups excluding carboxylic acids is 1. The maximum absolute atomic E-state index is 11.7. The first-order valence-corrected chi connectivity index (χ1v) is 7.44. The summed E-state index contributed by atoms with van der Waals surface area (Å²) >= 11 is 0. The van der Waals surface area contributed by atoms with Crippen molar-refractivity contribution >= 4 is 5.91 Å². The third-order valence-electron chi connectivity index (χ3n) is 4.43.